The monoisotopic (exact) mass is 420 g/mol. The third-order valence-electron chi connectivity index (χ3n) is 4.23. The molecule has 0 radical (unpaired) electrons. The molecule has 2 aromatic heterocycles. The quantitative estimate of drug-likeness (QED) is 0.480. The molecule has 30 heavy (non-hydrogen) atoms. The van der Waals surface area contributed by atoms with Gasteiger partial charge < -0.3 is 10.1 Å². The van der Waals surface area contributed by atoms with Crippen LogP contribution in [0.3, 0.4) is 0 Å². The van der Waals surface area contributed by atoms with Crippen molar-refractivity contribution in [1.82, 2.24) is 19.7 Å². The minimum Gasteiger partial charge on any atom is -0.430 e. The van der Waals surface area contributed by atoms with Crippen LogP contribution in [0.5, 0.6) is 10.9 Å². The Morgan fingerprint density at radius 2 is 1.83 bits per heavy atom. The largest absolute Gasteiger partial charge is 0.430 e. The van der Waals surface area contributed by atoms with Crippen molar-refractivity contribution in [3.8, 4) is 10.9 Å². The van der Waals surface area contributed by atoms with Crippen molar-refractivity contribution in [3.63, 3.8) is 0 Å². The molecule has 8 heteroatoms. The number of carbonyl (C=O) groups excluding carboxylic acids is 1. The van der Waals surface area contributed by atoms with Crippen molar-refractivity contribution in [3.05, 3.63) is 101 Å². The highest BCUT2D eigenvalue weighted by Crippen LogP contribution is 2.24. The molecule has 6 nitrogen and oxygen atoms in total. The highest BCUT2D eigenvalue weighted by Gasteiger charge is 2.10. The topological polar surface area (TPSA) is 77.0 Å². The Morgan fingerprint density at radius 3 is 2.63 bits per heavy atom. The summed E-state index contributed by atoms with van der Waals surface area (Å²) in [6.07, 6.45) is 3.85. The predicted molar refractivity (Wildman–Crippen MR) is 111 cm³/mol. The summed E-state index contributed by atoms with van der Waals surface area (Å²) in [4.78, 5) is 20.7. The molecule has 0 aliphatic carbocycles. The Kier molecular flexibility index (Phi) is 6.05. The van der Waals surface area contributed by atoms with Gasteiger partial charge in [0.25, 0.3) is 11.1 Å². The second kappa shape index (κ2) is 9.23. The summed E-state index contributed by atoms with van der Waals surface area (Å²) in [6.45, 7) is 0.412. The van der Waals surface area contributed by atoms with Crippen LogP contribution >= 0.6 is 11.5 Å². The Labute approximate surface area is 176 Å². The lowest BCUT2D eigenvalue weighted by atomic mass is 10.1. The average Bonchev–Trinajstić information content (AvgIpc) is 3.21. The van der Waals surface area contributed by atoms with Crippen LogP contribution in [0.4, 0.5) is 4.39 Å². The molecule has 0 saturated carbocycles. The van der Waals surface area contributed by atoms with Gasteiger partial charge in [-0.3, -0.25) is 9.78 Å². The molecule has 1 amide bonds. The molecule has 0 bridgehead atoms. The van der Waals surface area contributed by atoms with E-state index in [1.165, 1.54) is 12.1 Å². The van der Waals surface area contributed by atoms with Gasteiger partial charge in [0, 0.05) is 42.5 Å². The molecule has 0 aliphatic rings. The van der Waals surface area contributed by atoms with E-state index in [0.717, 1.165) is 22.7 Å². The molecule has 1 N–H and O–H groups in total. The molecule has 0 unspecified atom stereocenters. The van der Waals surface area contributed by atoms with Crippen molar-refractivity contribution < 1.29 is 13.9 Å². The first-order chi connectivity index (χ1) is 14.7. The number of hydrogen-bond donors (Lipinski definition) is 1. The van der Waals surface area contributed by atoms with Crippen molar-refractivity contribution in [2.75, 3.05) is 0 Å². The average molecular weight is 420 g/mol. The van der Waals surface area contributed by atoms with Crippen molar-refractivity contribution >= 4 is 17.4 Å². The lowest BCUT2D eigenvalue weighted by Gasteiger charge is -2.07. The first kappa shape index (κ1) is 19.7. The zero-order valence-electron chi connectivity index (χ0n) is 15.8. The minimum atomic E-state index is -0.279. The zero-order valence-corrected chi connectivity index (χ0v) is 16.6. The standard InChI is InChI=1S/C22H17FN4O2S/c23-18-6-4-15(5-7-18)12-20-26-22(30-27-20)29-19-3-1-2-17(13-19)21(28)25-14-16-8-10-24-11-9-16/h1-11,13H,12,14H2,(H,25,28). The minimum absolute atomic E-state index is 0.202. The number of pyridine rings is 1. The molecule has 4 aromatic rings. The fourth-order valence-electron chi connectivity index (χ4n) is 2.72. The van der Waals surface area contributed by atoms with Crippen LogP contribution in [0, 0.1) is 5.82 Å². The zero-order chi connectivity index (χ0) is 20.8. The molecule has 0 saturated heterocycles. The molecule has 0 atom stereocenters. The van der Waals surface area contributed by atoms with Gasteiger partial charge in [0.2, 0.25) is 0 Å². The summed E-state index contributed by atoms with van der Waals surface area (Å²) >= 11 is 1.12. The van der Waals surface area contributed by atoms with E-state index in [2.05, 4.69) is 19.7 Å². The molecular weight excluding hydrogens is 403 g/mol. The molecule has 0 aliphatic heterocycles. The van der Waals surface area contributed by atoms with Crippen molar-refractivity contribution in [2.24, 2.45) is 0 Å². The maximum Gasteiger partial charge on any atom is 0.298 e. The van der Waals surface area contributed by atoms with Crippen LogP contribution in [0.15, 0.2) is 73.1 Å². The fourth-order valence-corrected chi connectivity index (χ4v) is 3.29. The van der Waals surface area contributed by atoms with Gasteiger partial charge in [-0.15, -0.1) is 0 Å². The molecule has 2 heterocycles. The summed E-state index contributed by atoms with van der Waals surface area (Å²) in [5.41, 5.74) is 2.36. The number of benzene rings is 2. The molecule has 0 spiro atoms. The normalized spacial score (nSPS) is 10.6. The first-order valence-corrected chi connectivity index (χ1v) is 9.95. The number of hydrogen-bond acceptors (Lipinski definition) is 6. The second-order valence-corrected chi connectivity index (χ2v) is 7.16. The van der Waals surface area contributed by atoms with E-state index >= 15 is 0 Å². The van der Waals surface area contributed by atoms with E-state index < -0.39 is 0 Å². The lowest BCUT2D eigenvalue weighted by Crippen LogP contribution is -2.22. The highest BCUT2D eigenvalue weighted by molar-refractivity contribution is 7.07. The number of amides is 1. The van der Waals surface area contributed by atoms with Gasteiger partial charge >= 0.3 is 0 Å². The van der Waals surface area contributed by atoms with Crippen LogP contribution in [0.25, 0.3) is 0 Å². The number of nitrogens with zero attached hydrogens (tertiary/aromatic N) is 3. The number of rotatable bonds is 7. The van der Waals surface area contributed by atoms with Crippen LogP contribution in [-0.4, -0.2) is 20.2 Å². The predicted octanol–water partition coefficient (Wildman–Crippen LogP) is 4.39. The number of nitrogens with one attached hydrogen (secondary N) is 1. The van der Waals surface area contributed by atoms with Gasteiger partial charge in [-0.05, 0) is 53.6 Å². The van der Waals surface area contributed by atoms with Crippen LogP contribution in [0.1, 0.15) is 27.3 Å². The Bertz CT molecular complexity index is 1130. The fraction of sp³-hybridized carbons (Fsp3) is 0.0909. The SMILES string of the molecule is O=C(NCc1ccncc1)c1cccc(Oc2nc(Cc3ccc(F)cc3)ns2)c1. The van der Waals surface area contributed by atoms with Crippen LogP contribution in [-0.2, 0) is 13.0 Å². The smallest absolute Gasteiger partial charge is 0.298 e. The number of halogens is 1. The van der Waals surface area contributed by atoms with E-state index in [0.29, 0.717) is 35.3 Å². The van der Waals surface area contributed by atoms with Gasteiger partial charge in [-0.1, -0.05) is 18.2 Å². The van der Waals surface area contributed by atoms with Gasteiger partial charge in [-0.2, -0.15) is 9.36 Å². The Balaban J connectivity index is 1.37. The maximum atomic E-state index is 13.0. The summed E-state index contributed by atoms with van der Waals surface area (Å²) in [6, 6.07) is 16.8. The lowest BCUT2D eigenvalue weighted by molar-refractivity contribution is 0.0950. The summed E-state index contributed by atoms with van der Waals surface area (Å²) in [5, 5.41) is 3.24. The molecule has 2 aromatic carbocycles. The van der Waals surface area contributed by atoms with E-state index in [4.69, 9.17) is 4.74 Å². The van der Waals surface area contributed by atoms with Crippen molar-refractivity contribution in [2.45, 2.75) is 13.0 Å². The third-order valence-corrected chi connectivity index (χ3v) is 4.86. The second-order valence-electron chi connectivity index (χ2n) is 6.45. The van der Waals surface area contributed by atoms with Gasteiger partial charge in [-0.25, -0.2) is 4.39 Å². The number of aromatic nitrogens is 3. The molecule has 150 valence electrons. The van der Waals surface area contributed by atoms with Gasteiger partial charge in [0.05, 0.1) is 0 Å². The number of ether oxygens (including phenoxy) is 1. The van der Waals surface area contributed by atoms with E-state index in [9.17, 15) is 9.18 Å². The van der Waals surface area contributed by atoms with Gasteiger partial charge in [0.15, 0.2) is 5.82 Å². The highest BCUT2D eigenvalue weighted by atomic mass is 32.1. The van der Waals surface area contributed by atoms with E-state index in [-0.39, 0.29) is 11.7 Å². The maximum absolute atomic E-state index is 13.0. The third kappa shape index (κ3) is 5.24. The van der Waals surface area contributed by atoms with Crippen LogP contribution < -0.4 is 10.1 Å². The summed E-state index contributed by atoms with van der Waals surface area (Å²) in [5.74, 6) is 0.606. The number of carbonyl (C=O) groups is 1. The Morgan fingerprint density at radius 1 is 1.03 bits per heavy atom. The first-order valence-electron chi connectivity index (χ1n) is 9.18. The molecule has 4 rings (SSSR count). The van der Waals surface area contributed by atoms with Crippen LogP contribution in [0.2, 0.25) is 0 Å². The van der Waals surface area contributed by atoms with E-state index in [1.54, 1.807) is 48.8 Å². The molecule has 0 fully saturated rings. The summed E-state index contributed by atoms with van der Waals surface area (Å²) in [7, 11) is 0. The Hall–Kier alpha value is -3.65. The van der Waals surface area contributed by atoms with Gasteiger partial charge in [0.1, 0.15) is 11.6 Å². The van der Waals surface area contributed by atoms with E-state index in [1.807, 2.05) is 12.1 Å². The molecular formula is C22H17FN4O2S. The summed E-state index contributed by atoms with van der Waals surface area (Å²) < 4.78 is 23.1. The van der Waals surface area contributed by atoms with Crippen molar-refractivity contribution in [1.29, 1.82) is 0 Å².